The minimum Gasteiger partial charge on any atom is -0.377 e. The lowest BCUT2D eigenvalue weighted by Crippen LogP contribution is -2.45. The van der Waals surface area contributed by atoms with Crippen molar-refractivity contribution in [1.82, 2.24) is 19.5 Å². The highest BCUT2D eigenvalue weighted by atomic mass is 35.5. The Labute approximate surface area is 199 Å². The molecule has 2 aromatic heterocycles. The van der Waals surface area contributed by atoms with Crippen LogP contribution in [0.1, 0.15) is 45.4 Å². The topological polar surface area (TPSA) is 79.9 Å². The molecule has 0 N–H and O–H groups in total. The molecule has 1 unspecified atom stereocenters. The van der Waals surface area contributed by atoms with Crippen molar-refractivity contribution in [2.75, 3.05) is 24.7 Å². The molecule has 1 saturated heterocycles. The first-order valence-electron chi connectivity index (χ1n) is 11.8. The number of halogens is 1. The zero-order valence-electron chi connectivity index (χ0n) is 19.2. The summed E-state index contributed by atoms with van der Waals surface area (Å²) in [6, 6.07) is 9.94. The van der Waals surface area contributed by atoms with Gasteiger partial charge in [0.15, 0.2) is 5.65 Å². The van der Waals surface area contributed by atoms with Gasteiger partial charge in [0, 0.05) is 23.7 Å². The number of rotatable bonds is 4. The van der Waals surface area contributed by atoms with E-state index in [0.717, 1.165) is 36.0 Å². The second kappa shape index (κ2) is 9.28. The summed E-state index contributed by atoms with van der Waals surface area (Å²) in [6.07, 6.45) is 4.94. The third kappa shape index (κ3) is 4.42. The standard InChI is InChI=1S/C25H29ClN6O/c1-16-6-8-18(9-7-16)14-32-23-22(19-4-3-5-20(26)12-19)28-21(13-27)29-24(23)30-25(32)31-10-11-33-15-17(31)2/h3-5,12,16-18H,6-11,14-15H2,1-2H3. The van der Waals surface area contributed by atoms with Crippen LogP contribution in [-0.4, -0.2) is 45.3 Å². The zero-order valence-corrected chi connectivity index (χ0v) is 19.9. The molecule has 0 amide bonds. The lowest BCUT2D eigenvalue weighted by atomic mass is 9.83. The fourth-order valence-corrected chi connectivity index (χ4v) is 5.29. The van der Waals surface area contributed by atoms with Gasteiger partial charge in [0.2, 0.25) is 11.8 Å². The molecule has 1 saturated carbocycles. The number of hydrogen-bond donors (Lipinski definition) is 0. The van der Waals surface area contributed by atoms with Crippen LogP contribution >= 0.6 is 11.6 Å². The van der Waals surface area contributed by atoms with Gasteiger partial charge in [-0.2, -0.15) is 15.2 Å². The van der Waals surface area contributed by atoms with Gasteiger partial charge in [0.25, 0.3) is 0 Å². The summed E-state index contributed by atoms with van der Waals surface area (Å²) in [4.78, 5) is 16.4. The summed E-state index contributed by atoms with van der Waals surface area (Å²) in [5.74, 6) is 2.39. The average molecular weight is 465 g/mol. The molecule has 7 nitrogen and oxygen atoms in total. The minimum absolute atomic E-state index is 0.121. The number of morpholine rings is 1. The van der Waals surface area contributed by atoms with Crippen LogP contribution in [0.4, 0.5) is 5.95 Å². The molecule has 0 radical (unpaired) electrons. The predicted octanol–water partition coefficient (Wildman–Crippen LogP) is 5.07. The molecule has 1 aliphatic heterocycles. The first-order chi connectivity index (χ1) is 16.0. The Balaban J connectivity index is 1.70. The van der Waals surface area contributed by atoms with E-state index in [-0.39, 0.29) is 11.9 Å². The van der Waals surface area contributed by atoms with Gasteiger partial charge < -0.3 is 14.2 Å². The van der Waals surface area contributed by atoms with Gasteiger partial charge in [-0.1, -0.05) is 43.5 Å². The largest absolute Gasteiger partial charge is 0.377 e. The number of nitriles is 1. The Morgan fingerprint density at radius 2 is 1.97 bits per heavy atom. The van der Waals surface area contributed by atoms with Crippen molar-refractivity contribution >= 4 is 28.7 Å². The van der Waals surface area contributed by atoms with Crippen molar-refractivity contribution in [2.24, 2.45) is 11.8 Å². The normalized spacial score (nSPS) is 23.6. The van der Waals surface area contributed by atoms with Crippen LogP contribution in [0.15, 0.2) is 24.3 Å². The van der Waals surface area contributed by atoms with Crippen LogP contribution in [0.3, 0.4) is 0 Å². The van der Waals surface area contributed by atoms with Crippen LogP contribution in [0.2, 0.25) is 5.02 Å². The molecule has 0 spiro atoms. The summed E-state index contributed by atoms with van der Waals surface area (Å²) >= 11 is 6.32. The first kappa shape index (κ1) is 22.1. The van der Waals surface area contributed by atoms with E-state index in [9.17, 15) is 5.26 Å². The molecule has 0 bridgehead atoms. The molecule has 3 aromatic rings. The highest BCUT2D eigenvalue weighted by Gasteiger charge is 2.29. The maximum atomic E-state index is 9.61. The first-order valence-corrected chi connectivity index (χ1v) is 12.2. The van der Waals surface area contributed by atoms with Crippen LogP contribution in [0.5, 0.6) is 0 Å². The van der Waals surface area contributed by atoms with Gasteiger partial charge in [-0.25, -0.2) is 4.98 Å². The lowest BCUT2D eigenvalue weighted by Gasteiger charge is -2.35. The SMILES string of the molecule is CC1CCC(Cn2c(N3CCOCC3C)nc3nc(C#N)nc(-c4cccc(Cl)c4)c32)CC1. The fraction of sp³-hybridized carbons (Fsp3) is 0.520. The molecular weight excluding hydrogens is 436 g/mol. The molecule has 2 fully saturated rings. The Bertz CT molecular complexity index is 1190. The van der Waals surface area contributed by atoms with Crippen molar-refractivity contribution in [3.63, 3.8) is 0 Å². The van der Waals surface area contributed by atoms with E-state index in [2.05, 4.69) is 39.4 Å². The Hall–Kier alpha value is -2.69. The van der Waals surface area contributed by atoms with E-state index in [4.69, 9.17) is 21.3 Å². The molecule has 1 aromatic carbocycles. The number of benzene rings is 1. The third-order valence-electron chi connectivity index (χ3n) is 6.98. The number of fused-ring (bicyclic) bond motifs is 1. The summed E-state index contributed by atoms with van der Waals surface area (Å²) in [5.41, 5.74) is 3.02. The molecule has 8 heteroatoms. The van der Waals surface area contributed by atoms with E-state index < -0.39 is 0 Å². The minimum atomic E-state index is 0.121. The van der Waals surface area contributed by atoms with Crippen molar-refractivity contribution in [3.8, 4) is 17.3 Å². The van der Waals surface area contributed by atoms with Crippen molar-refractivity contribution in [2.45, 2.75) is 52.1 Å². The number of aromatic nitrogens is 4. The number of imidazole rings is 1. The van der Waals surface area contributed by atoms with Crippen LogP contribution in [-0.2, 0) is 11.3 Å². The van der Waals surface area contributed by atoms with Crippen molar-refractivity contribution in [1.29, 1.82) is 5.26 Å². The maximum absolute atomic E-state index is 9.61. The van der Waals surface area contributed by atoms with Gasteiger partial charge >= 0.3 is 0 Å². The van der Waals surface area contributed by atoms with Crippen LogP contribution in [0, 0.1) is 23.2 Å². The number of hydrogen-bond acceptors (Lipinski definition) is 6. The summed E-state index contributed by atoms with van der Waals surface area (Å²) in [6.45, 7) is 7.49. The summed E-state index contributed by atoms with van der Waals surface area (Å²) in [7, 11) is 0. The summed E-state index contributed by atoms with van der Waals surface area (Å²) in [5, 5.41) is 10.2. The monoisotopic (exact) mass is 464 g/mol. The highest BCUT2D eigenvalue weighted by molar-refractivity contribution is 6.30. The molecule has 1 atom stereocenters. The quantitative estimate of drug-likeness (QED) is 0.536. The second-order valence-electron chi connectivity index (χ2n) is 9.46. The van der Waals surface area contributed by atoms with E-state index in [1.165, 1.54) is 25.7 Å². The molecule has 33 heavy (non-hydrogen) atoms. The van der Waals surface area contributed by atoms with Crippen molar-refractivity contribution in [3.05, 3.63) is 35.1 Å². The van der Waals surface area contributed by atoms with Gasteiger partial charge in [-0.15, -0.1) is 0 Å². The predicted molar refractivity (Wildman–Crippen MR) is 129 cm³/mol. The Morgan fingerprint density at radius 1 is 1.15 bits per heavy atom. The smallest absolute Gasteiger partial charge is 0.234 e. The maximum Gasteiger partial charge on any atom is 0.234 e. The number of anilines is 1. The van der Waals surface area contributed by atoms with Crippen LogP contribution in [0.25, 0.3) is 22.4 Å². The Morgan fingerprint density at radius 3 is 2.70 bits per heavy atom. The highest BCUT2D eigenvalue weighted by Crippen LogP contribution is 2.36. The second-order valence-corrected chi connectivity index (χ2v) is 9.89. The van der Waals surface area contributed by atoms with E-state index in [1.807, 2.05) is 24.3 Å². The molecular formula is C25H29ClN6O. The summed E-state index contributed by atoms with van der Waals surface area (Å²) < 4.78 is 7.99. The Kier molecular flexibility index (Phi) is 6.22. The molecule has 2 aliphatic rings. The van der Waals surface area contributed by atoms with E-state index in [0.29, 0.717) is 35.5 Å². The van der Waals surface area contributed by atoms with Gasteiger partial charge in [0.1, 0.15) is 17.3 Å². The van der Waals surface area contributed by atoms with Gasteiger partial charge in [0.05, 0.1) is 19.3 Å². The fourth-order valence-electron chi connectivity index (χ4n) is 5.10. The van der Waals surface area contributed by atoms with E-state index >= 15 is 0 Å². The third-order valence-corrected chi connectivity index (χ3v) is 7.22. The van der Waals surface area contributed by atoms with Crippen LogP contribution < -0.4 is 4.90 Å². The molecule has 1 aliphatic carbocycles. The lowest BCUT2D eigenvalue weighted by molar-refractivity contribution is 0.0976. The zero-order chi connectivity index (χ0) is 22.9. The van der Waals surface area contributed by atoms with Crippen molar-refractivity contribution < 1.29 is 4.74 Å². The molecule has 3 heterocycles. The number of ether oxygens (including phenoxy) is 1. The van der Waals surface area contributed by atoms with Gasteiger partial charge in [-0.3, -0.25) is 0 Å². The van der Waals surface area contributed by atoms with Gasteiger partial charge in [-0.05, 0) is 43.7 Å². The molecule has 172 valence electrons. The molecule has 5 rings (SSSR count). The number of nitrogens with zero attached hydrogens (tertiary/aromatic N) is 6. The van der Waals surface area contributed by atoms with E-state index in [1.54, 1.807) is 0 Å². The average Bonchev–Trinajstić information content (AvgIpc) is 3.18.